The van der Waals surface area contributed by atoms with Gasteiger partial charge in [-0.2, -0.15) is 0 Å². The third-order valence-corrected chi connectivity index (χ3v) is 4.91. The molecule has 0 spiro atoms. The van der Waals surface area contributed by atoms with Gasteiger partial charge in [0.05, 0.1) is 31.6 Å². The van der Waals surface area contributed by atoms with E-state index in [-0.39, 0.29) is 17.1 Å². The van der Waals surface area contributed by atoms with Gasteiger partial charge in [-0.05, 0) is 30.3 Å². The molecule has 2 N–H and O–H groups in total. The number of rotatable bonds is 7. The van der Waals surface area contributed by atoms with E-state index < -0.39 is 0 Å². The van der Waals surface area contributed by atoms with Crippen molar-refractivity contribution >= 4 is 0 Å². The highest BCUT2D eigenvalue weighted by molar-refractivity contribution is 5.57. The van der Waals surface area contributed by atoms with Gasteiger partial charge in [-0.25, -0.2) is 4.39 Å². The summed E-state index contributed by atoms with van der Waals surface area (Å²) in [6.45, 7) is 1.58. The summed E-state index contributed by atoms with van der Waals surface area (Å²) >= 11 is 0. The summed E-state index contributed by atoms with van der Waals surface area (Å²) in [7, 11) is 1.56. The Morgan fingerprint density at radius 3 is 2.61 bits per heavy atom. The Balaban J connectivity index is 1.43. The molecule has 0 saturated carbocycles. The van der Waals surface area contributed by atoms with E-state index in [9.17, 15) is 9.50 Å². The van der Waals surface area contributed by atoms with Crippen LogP contribution in [0.1, 0.15) is 11.3 Å². The van der Waals surface area contributed by atoms with Gasteiger partial charge in [-0.1, -0.05) is 11.2 Å². The molecular weight excluding hydrogens is 363 g/mol. The lowest BCUT2D eigenvalue weighted by molar-refractivity contribution is -0.0756. The van der Waals surface area contributed by atoms with Gasteiger partial charge in [0.25, 0.3) is 0 Å². The third-order valence-electron chi connectivity index (χ3n) is 4.91. The van der Waals surface area contributed by atoms with Gasteiger partial charge < -0.3 is 24.4 Å². The lowest BCUT2D eigenvalue weighted by Gasteiger charge is -2.42. The molecule has 0 unspecified atom stereocenters. The Labute approximate surface area is 161 Å². The molecule has 0 radical (unpaired) electrons. The van der Waals surface area contributed by atoms with Gasteiger partial charge in [0.1, 0.15) is 17.3 Å². The van der Waals surface area contributed by atoms with Gasteiger partial charge in [-0.3, -0.25) is 0 Å². The number of phenolic OH excluding ortho intramolecular Hbond substituents is 1. The Morgan fingerprint density at radius 1 is 1.18 bits per heavy atom. The van der Waals surface area contributed by atoms with E-state index in [1.165, 1.54) is 12.1 Å². The second kappa shape index (κ2) is 7.61. The highest BCUT2D eigenvalue weighted by atomic mass is 19.1. The predicted octanol–water partition coefficient (Wildman–Crippen LogP) is 3.30. The molecule has 1 aliphatic rings. The fourth-order valence-corrected chi connectivity index (χ4v) is 3.21. The molecule has 1 saturated heterocycles. The standard InChI is InChI=1S/C21H21FN2O4/c1-26-18-7-4-15(19(25)9-18)11-23-21(12-27-13-21)10-17-8-20(28-24-17)14-2-5-16(22)6-3-14/h2-9,23,25H,10-13H2,1H3. The van der Waals surface area contributed by atoms with E-state index in [1.54, 1.807) is 25.3 Å². The van der Waals surface area contributed by atoms with Crippen LogP contribution in [0.15, 0.2) is 53.1 Å². The quantitative estimate of drug-likeness (QED) is 0.651. The normalized spacial score (nSPS) is 15.2. The summed E-state index contributed by atoms with van der Waals surface area (Å²) in [5.41, 5.74) is 2.06. The van der Waals surface area contributed by atoms with E-state index in [1.807, 2.05) is 18.2 Å². The van der Waals surface area contributed by atoms with Crippen molar-refractivity contribution in [3.8, 4) is 22.8 Å². The zero-order valence-corrected chi connectivity index (χ0v) is 15.4. The summed E-state index contributed by atoms with van der Waals surface area (Å²) < 4.78 is 29.0. The van der Waals surface area contributed by atoms with Crippen molar-refractivity contribution < 1.29 is 23.5 Å². The predicted molar refractivity (Wildman–Crippen MR) is 101 cm³/mol. The molecule has 2 heterocycles. The average Bonchev–Trinajstić information content (AvgIpc) is 3.13. The molecule has 0 atom stereocenters. The Kier molecular flexibility index (Phi) is 5.02. The lowest BCUT2D eigenvalue weighted by atomic mass is 9.90. The minimum absolute atomic E-state index is 0.183. The largest absolute Gasteiger partial charge is 0.507 e. The average molecular weight is 384 g/mol. The number of nitrogens with zero attached hydrogens (tertiary/aromatic N) is 1. The van der Waals surface area contributed by atoms with Crippen molar-refractivity contribution in [1.29, 1.82) is 0 Å². The number of hydrogen-bond acceptors (Lipinski definition) is 6. The van der Waals surface area contributed by atoms with E-state index in [4.69, 9.17) is 14.0 Å². The Hall–Kier alpha value is -2.90. The van der Waals surface area contributed by atoms with Crippen molar-refractivity contribution in [1.82, 2.24) is 10.5 Å². The second-order valence-electron chi connectivity index (χ2n) is 6.99. The maximum atomic E-state index is 13.1. The number of aromatic hydroxyl groups is 1. The van der Waals surface area contributed by atoms with Crippen LogP contribution < -0.4 is 10.1 Å². The highest BCUT2D eigenvalue weighted by Crippen LogP contribution is 2.28. The second-order valence-corrected chi connectivity index (χ2v) is 6.99. The molecule has 6 nitrogen and oxygen atoms in total. The lowest BCUT2D eigenvalue weighted by Crippen LogP contribution is -2.61. The number of hydrogen-bond donors (Lipinski definition) is 2. The van der Waals surface area contributed by atoms with Gasteiger partial charge >= 0.3 is 0 Å². The highest BCUT2D eigenvalue weighted by Gasteiger charge is 2.39. The van der Waals surface area contributed by atoms with Gasteiger partial charge in [0, 0.05) is 36.2 Å². The smallest absolute Gasteiger partial charge is 0.167 e. The van der Waals surface area contributed by atoms with E-state index in [0.717, 1.165) is 16.8 Å². The van der Waals surface area contributed by atoms with Crippen molar-refractivity contribution in [2.75, 3.05) is 20.3 Å². The van der Waals surface area contributed by atoms with Crippen molar-refractivity contribution in [2.45, 2.75) is 18.5 Å². The number of benzene rings is 2. The minimum atomic E-state index is -0.292. The van der Waals surface area contributed by atoms with Crippen LogP contribution in [-0.4, -0.2) is 36.1 Å². The van der Waals surface area contributed by atoms with Crippen LogP contribution in [0.3, 0.4) is 0 Å². The summed E-state index contributed by atoms with van der Waals surface area (Å²) in [4.78, 5) is 0. The zero-order valence-electron chi connectivity index (χ0n) is 15.4. The topological polar surface area (TPSA) is 76.8 Å². The molecule has 1 aliphatic heterocycles. The molecule has 7 heteroatoms. The first kappa shape index (κ1) is 18.5. The molecular formula is C21H21FN2O4. The molecule has 4 rings (SSSR count). The van der Waals surface area contributed by atoms with Crippen LogP contribution in [0.4, 0.5) is 4.39 Å². The summed E-state index contributed by atoms with van der Waals surface area (Å²) in [6, 6.07) is 13.2. The Morgan fingerprint density at radius 2 is 1.96 bits per heavy atom. The molecule has 1 fully saturated rings. The van der Waals surface area contributed by atoms with Gasteiger partial charge in [-0.15, -0.1) is 0 Å². The molecule has 28 heavy (non-hydrogen) atoms. The van der Waals surface area contributed by atoms with Gasteiger partial charge in [0.15, 0.2) is 5.76 Å². The molecule has 3 aromatic rings. The molecule has 146 valence electrons. The number of ether oxygens (including phenoxy) is 2. The SMILES string of the molecule is COc1ccc(CNC2(Cc3cc(-c4ccc(F)cc4)on3)COC2)c(O)c1. The van der Waals surface area contributed by atoms with Crippen molar-refractivity contribution in [3.05, 3.63) is 65.6 Å². The molecule has 0 aliphatic carbocycles. The molecule has 2 aromatic carbocycles. The summed E-state index contributed by atoms with van der Waals surface area (Å²) in [5.74, 6) is 1.10. The zero-order chi connectivity index (χ0) is 19.6. The van der Waals surface area contributed by atoms with E-state index in [2.05, 4.69) is 10.5 Å². The maximum Gasteiger partial charge on any atom is 0.167 e. The summed E-state index contributed by atoms with van der Waals surface area (Å²) in [5, 5.41) is 17.8. The van der Waals surface area contributed by atoms with Crippen LogP contribution in [0.25, 0.3) is 11.3 Å². The fraction of sp³-hybridized carbons (Fsp3) is 0.286. The van der Waals surface area contributed by atoms with E-state index >= 15 is 0 Å². The minimum Gasteiger partial charge on any atom is -0.507 e. The van der Waals surface area contributed by atoms with E-state index in [0.29, 0.717) is 37.7 Å². The third kappa shape index (κ3) is 3.85. The summed E-state index contributed by atoms with van der Waals surface area (Å²) in [6.07, 6.45) is 0.620. The molecule has 0 amide bonds. The van der Waals surface area contributed by atoms with Crippen molar-refractivity contribution in [2.24, 2.45) is 0 Å². The first-order chi connectivity index (χ1) is 13.6. The molecule has 0 bridgehead atoms. The maximum absolute atomic E-state index is 13.1. The number of halogens is 1. The Bertz CT molecular complexity index is 951. The first-order valence-electron chi connectivity index (χ1n) is 8.97. The number of phenols is 1. The number of nitrogens with one attached hydrogen (secondary N) is 1. The fourth-order valence-electron chi connectivity index (χ4n) is 3.21. The molecule has 1 aromatic heterocycles. The van der Waals surface area contributed by atoms with Crippen LogP contribution in [0, 0.1) is 5.82 Å². The van der Waals surface area contributed by atoms with Crippen LogP contribution in [-0.2, 0) is 17.7 Å². The van der Waals surface area contributed by atoms with Crippen LogP contribution >= 0.6 is 0 Å². The van der Waals surface area contributed by atoms with Gasteiger partial charge in [0.2, 0.25) is 0 Å². The number of aromatic nitrogens is 1. The first-order valence-corrected chi connectivity index (χ1v) is 8.97. The van der Waals surface area contributed by atoms with Crippen molar-refractivity contribution in [3.63, 3.8) is 0 Å². The van der Waals surface area contributed by atoms with Crippen LogP contribution in [0.2, 0.25) is 0 Å². The number of methoxy groups -OCH3 is 1. The monoisotopic (exact) mass is 384 g/mol. The van der Waals surface area contributed by atoms with Crippen LogP contribution in [0.5, 0.6) is 11.5 Å².